The van der Waals surface area contributed by atoms with Gasteiger partial charge in [0.05, 0.1) is 18.6 Å². The number of nitrogens with zero attached hydrogens (tertiary/aromatic N) is 4. The van der Waals surface area contributed by atoms with Crippen molar-refractivity contribution in [1.29, 1.82) is 0 Å². The Kier molecular flexibility index (Phi) is 4.65. The van der Waals surface area contributed by atoms with E-state index in [-0.39, 0.29) is 46.9 Å². The minimum atomic E-state index is -1.35. The van der Waals surface area contributed by atoms with Crippen molar-refractivity contribution in [3.8, 4) is 17.0 Å². The van der Waals surface area contributed by atoms with Crippen molar-refractivity contribution < 1.29 is 44.2 Å². The largest absolute Gasteiger partial charge is 1.00 e. The zero-order valence-electron chi connectivity index (χ0n) is 12.0. The standard InChI is InChI=1S/C13H11N5O3.Na/c1-21-11-9(12(19)20)4-8(6-15-11)7-2-3-18-10(5-7)16-13(14)17-18;/h2-6H,1H3,(H2,14,17)(H,19,20);/q;+1/p-1. The average molecular weight is 307 g/mol. The van der Waals surface area contributed by atoms with Crippen molar-refractivity contribution in [3.05, 3.63) is 36.2 Å². The summed E-state index contributed by atoms with van der Waals surface area (Å²) in [6, 6.07) is 4.92. The molecule has 8 nitrogen and oxygen atoms in total. The van der Waals surface area contributed by atoms with Gasteiger partial charge in [-0.2, -0.15) is 4.98 Å². The summed E-state index contributed by atoms with van der Waals surface area (Å²) in [6.45, 7) is 0. The fourth-order valence-electron chi connectivity index (χ4n) is 2.00. The fraction of sp³-hybridized carbons (Fsp3) is 0.0769. The van der Waals surface area contributed by atoms with E-state index in [4.69, 9.17) is 10.5 Å². The topological polar surface area (TPSA) is 118 Å². The first-order valence-corrected chi connectivity index (χ1v) is 5.96. The van der Waals surface area contributed by atoms with E-state index in [1.54, 1.807) is 18.3 Å². The van der Waals surface area contributed by atoms with Gasteiger partial charge in [0.1, 0.15) is 0 Å². The summed E-state index contributed by atoms with van der Waals surface area (Å²) in [5, 5.41) is 15.1. The number of carboxylic acids is 1. The Balaban J connectivity index is 0.00000176. The molecule has 3 heterocycles. The molecule has 106 valence electrons. The number of hydrogen-bond acceptors (Lipinski definition) is 7. The van der Waals surface area contributed by atoms with E-state index in [2.05, 4.69) is 15.1 Å². The second kappa shape index (κ2) is 6.30. The van der Waals surface area contributed by atoms with Crippen LogP contribution in [0.3, 0.4) is 0 Å². The predicted octanol–water partition coefficient (Wildman–Crippen LogP) is -3.25. The molecule has 0 aliphatic rings. The van der Waals surface area contributed by atoms with Crippen LogP contribution in [0.2, 0.25) is 0 Å². The number of nitrogen functional groups attached to an aromatic ring is 1. The molecule has 0 amide bonds. The fourth-order valence-corrected chi connectivity index (χ4v) is 2.00. The molecule has 0 saturated carbocycles. The van der Waals surface area contributed by atoms with Gasteiger partial charge in [-0.05, 0) is 23.8 Å². The number of fused-ring (bicyclic) bond motifs is 1. The Morgan fingerprint density at radius 2 is 2.14 bits per heavy atom. The summed E-state index contributed by atoms with van der Waals surface area (Å²) >= 11 is 0. The quantitative estimate of drug-likeness (QED) is 0.505. The Labute approximate surface area is 147 Å². The van der Waals surface area contributed by atoms with Gasteiger partial charge in [-0.25, -0.2) is 9.50 Å². The number of aromatic nitrogens is 4. The molecule has 0 bridgehead atoms. The number of anilines is 1. The monoisotopic (exact) mass is 307 g/mol. The van der Waals surface area contributed by atoms with Gasteiger partial charge in [0.15, 0.2) is 5.65 Å². The number of ether oxygens (including phenoxy) is 1. The molecule has 0 aliphatic carbocycles. The summed E-state index contributed by atoms with van der Waals surface area (Å²) in [6.07, 6.45) is 3.19. The Morgan fingerprint density at radius 3 is 2.82 bits per heavy atom. The SMILES string of the molecule is COc1ncc(-c2ccn3nc(N)nc3c2)cc1C(=O)[O-].[Na+]. The number of rotatable bonds is 3. The van der Waals surface area contributed by atoms with Gasteiger partial charge < -0.3 is 20.4 Å². The first-order valence-electron chi connectivity index (χ1n) is 5.96. The van der Waals surface area contributed by atoms with Crippen molar-refractivity contribution in [2.75, 3.05) is 12.8 Å². The smallest absolute Gasteiger partial charge is 0.545 e. The molecule has 0 atom stereocenters. The second-order valence-corrected chi connectivity index (χ2v) is 4.26. The van der Waals surface area contributed by atoms with Crippen LogP contribution in [-0.4, -0.2) is 32.7 Å². The summed E-state index contributed by atoms with van der Waals surface area (Å²) < 4.78 is 6.42. The number of pyridine rings is 2. The van der Waals surface area contributed by atoms with Crippen LogP contribution >= 0.6 is 0 Å². The van der Waals surface area contributed by atoms with Crippen LogP contribution in [0.5, 0.6) is 5.88 Å². The first-order chi connectivity index (χ1) is 10.1. The molecule has 3 aromatic rings. The third-order valence-electron chi connectivity index (χ3n) is 2.95. The molecule has 3 aromatic heterocycles. The van der Waals surface area contributed by atoms with Crippen LogP contribution in [0.4, 0.5) is 5.95 Å². The third kappa shape index (κ3) is 2.89. The van der Waals surface area contributed by atoms with Crippen molar-refractivity contribution in [2.24, 2.45) is 0 Å². The van der Waals surface area contributed by atoms with E-state index in [1.807, 2.05) is 0 Å². The molecular formula is C13H10N5NaO3. The first kappa shape index (κ1) is 16.2. The van der Waals surface area contributed by atoms with E-state index >= 15 is 0 Å². The summed E-state index contributed by atoms with van der Waals surface area (Å²) in [5.41, 5.74) is 7.29. The number of carboxylic acid groups (broad SMARTS) is 1. The van der Waals surface area contributed by atoms with Gasteiger partial charge in [-0.15, -0.1) is 5.10 Å². The van der Waals surface area contributed by atoms with Gasteiger partial charge in [0.25, 0.3) is 0 Å². The van der Waals surface area contributed by atoms with Crippen molar-refractivity contribution in [1.82, 2.24) is 19.6 Å². The van der Waals surface area contributed by atoms with E-state index < -0.39 is 5.97 Å². The number of hydrogen-bond donors (Lipinski definition) is 1. The molecule has 22 heavy (non-hydrogen) atoms. The van der Waals surface area contributed by atoms with Gasteiger partial charge in [0.2, 0.25) is 11.8 Å². The van der Waals surface area contributed by atoms with Gasteiger partial charge in [-0.1, -0.05) is 0 Å². The van der Waals surface area contributed by atoms with E-state index in [9.17, 15) is 9.90 Å². The van der Waals surface area contributed by atoms with E-state index in [1.165, 1.54) is 23.9 Å². The van der Waals surface area contributed by atoms with Crippen molar-refractivity contribution >= 4 is 17.6 Å². The van der Waals surface area contributed by atoms with Crippen LogP contribution in [0.25, 0.3) is 16.8 Å². The summed E-state index contributed by atoms with van der Waals surface area (Å²) in [4.78, 5) is 19.1. The number of aromatic carboxylic acids is 1. The van der Waals surface area contributed by atoms with Crippen LogP contribution in [0, 0.1) is 0 Å². The maximum Gasteiger partial charge on any atom is 1.00 e. The molecule has 0 saturated heterocycles. The third-order valence-corrected chi connectivity index (χ3v) is 2.95. The van der Waals surface area contributed by atoms with Gasteiger partial charge in [0, 0.05) is 18.0 Å². The molecular weight excluding hydrogens is 297 g/mol. The number of nitrogens with two attached hydrogens (primary N) is 1. The molecule has 0 radical (unpaired) electrons. The predicted molar refractivity (Wildman–Crippen MR) is 71.5 cm³/mol. The molecule has 9 heteroatoms. The normalized spacial score (nSPS) is 10.2. The molecule has 2 N–H and O–H groups in total. The van der Waals surface area contributed by atoms with Gasteiger partial charge in [-0.3, -0.25) is 0 Å². The van der Waals surface area contributed by atoms with Crippen molar-refractivity contribution in [2.45, 2.75) is 0 Å². The maximum absolute atomic E-state index is 11.1. The minimum absolute atomic E-state index is 0. The zero-order chi connectivity index (χ0) is 15.0. The summed E-state index contributed by atoms with van der Waals surface area (Å²) in [5.74, 6) is -1.18. The van der Waals surface area contributed by atoms with Crippen LogP contribution in [0.1, 0.15) is 10.4 Å². The van der Waals surface area contributed by atoms with Gasteiger partial charge >= 0.3 is 29.6 Å². The Bertz CT molecular complexity index is 849. The molecule has 0 spiro atoms. The Morgan fingerprint density at radius 1 is 1.36 bits per heavy atom. The van der Waals surface area contributed by atoms with E-state index in [0.29, 0.717) is 11.2 Å². The molecule has 0 fully saturated rings. The van der Waals surface area contributed by atoms with Crippen LogP contribution in [-0.2, 0) is 0 Å². The molecule has 0 unspecified atom stereocenters. The maximum atomic E-state index is 11.1. The molecule has 0 aliphatic heterocycles. The van der Waals surface area contributed by atoms with Crippen LogP contribution in [0.15, 0.2) is 30.6 Å². The van der Waals surface area contributed by atoms with Crippen LogP contribution < -0.4 is 45.1 Å². The zero-order valence-corrected chi connectivity index (χ0v) is 14.0. The average Bonchev–Trinajstić information content (AvgIpc) is 2.85. The molecule has 3 rings (SSSR count). The minimum Gasteiger partial charge on any atom is -0.545 e. The summed E-state index contributed by atoms with van der Waals surface area (Å²) in [7, 11) is 1.35. The second-order valence-electron chi connectivity index (χ2n) is 4.26. The number of carbonyl (C=O) groups is 1. The molecule has 0 aromatic carbocycles. The number of carbonyl (C=O) groups excluding carboxylic acids is 1. The van der Waals surface area contributed by atoms with Crippen molar-refractivity contribution in [3.63, 3.8) is 0 Å². The van der Waals surface area contributed by atoms with E-state index in [0.717, 1.165) is 5.56 Å². The number of methoxy groups -OCH3 is 1. The Hall–Kier alpha value is -2.16.